The largest absolute Gasteiger partial charge is 0.371 e. The first-order valence-corrected chi connectivity index (χ1v) is 8.80. The molecule has 0 bridgehead atoms. The molecule has 0 unspecified atom stereocenters. The molecular weight excluding hydrogens is 312 g/mol. The highest BCUT2D eigenvalue weighted by Crippen LogP contribution is 2.33. The summed E-state index contributed by atoms with van der Waals surface area (Å²) in [7, 11) is 0. The summed E-state index contributed by atoms with van der Waals surface area (Å²) in [6.45, 7) is 2.29. The molecule has 126 valence electrons. The van der Waals surface area contributed by atoms with Crippen molar-refractivity contribution >= 4 is 16.6 Å². The van der Waals surface area contributed by atoms with E-state index in [2.05, 4.69) is 60.6 Å². The summed E-state index contributed by atoms with van der Waals surface area (Å²) >= 11 is 0. The number of rotatable bonds is 3. The van der Waals surface area contributed by atoms with Crippen molar-refractivity contribution in [2.24, 2.45) is 0 Å². The van der Waals surface area contributed by atoms with Gasteiger partial charge in [-0.2, -0.15) is 10.2 Å². The molecule has 0 radical (unpaired) electrons. The number of aromatic amines is 3. The highest BCUT2D eigenvalue weighted by atomic mass is 15.1. The number of aromatic nitrogens is 5. The Kier molecular flexibility index (Phi) is 3.33. The Morgan fingerprint density at radius 2 is 1.92 bits per heavy atom. The Morgan fingerprint density at radius 3 is 2.76 bits per heavy atom. The van der Waals surface area contributed by atoms with Crippen LogP contribution in [0.3, 0.4) is 0 Å². The second-order valence-corrected chi connectivity index (χ2v) is 6.62. The Balaban J connectivity index is 1.54. The Bertz CT molecular complexity index is 988. The van der Waals surface area contributed by atoms with Gasteiger partial charge in [0.2, 0.25) is 0 Å². The van der Waals surface area contributed by atoms with Gasteiger partial charge >= 0.3 is 0 Å². The second kappa shape index (κ2) is 5.81. The van der Waals surface area contributed by atoms with Gasteiger partial charge in [0.25, 0.3) is 0 Å². The zero-order valence-electron chi connectivity index (χ0n) is 13.9. The van der Waals surface area contributed by atoms with Gasteiger partial charge in [-0.25, -0.2) is 0 Å². The third kappa shape index (κ3) is 2.50. The van der Waals surface area contributed by atoms with Crippen molar-refractivity contribution in [3.05, 3.63) is 42.7 Å². The Hall–Kier alpha value is -3.02. The van der Waals surface area contributed by atoms with Crippen LogP contribution in [-0.4, -0.2) is 38.5 Å². The van der Waals surface area contributed by atoms with Gasteiger partial charge in [0.05, 0.1) is 17.6 Å². The highest BCUT2D eigenvalue weighted by molar-refractivity contribution is 5.96. The van der Waals surface area contributed by atoms with Crippen LogP contribution in [0.4, 0.5) is 5.69 Å². The summed E-state index contributed by atoms with van der Waals surface area (Å²) in [5.74, 6) is 0. The molecule has 0 amide bonds. The molecule has 1 saturated heterocycles. The normalized spacial score (nSPS) is 15.1. The van der Waals surface area contributed by atoms with Crippen molar-refractivity contribution < 1.29 is 0 Å². The first kappa shape index (κ1) is 14.3. The average molecular weight is 332 g/mol. The van der Waals surface area contributed by atoms with E-state index in [1.807, 2.05) is 6.20 Å². The topological polar surface area (TPSA) is 76.4 Å². The molecule has 3 N–H and O–H groups in total. The average Bonchev–Trinajstić information content (AvgIpc) is 3.40. The van der Waals surface area contributed by atoms with E-state index in [1.54, 1.807) is 6.20 Å². The highest BCUT2D eigenvalue weighted by Gasteiger charge is 2.16. The summed E-state index contributed by atoms with van der Waals surface area (Å²) < 4.78 is 0. The summed E-state index contributed by atoms with van der Waals surface area (Å²) in [5, 5.41) is 15.7. The van der Waals surface area contributed by atoms with Crippen molar-refractivity contribution in [2.45, 2.75) is 19.3 Å². The number of hydrogen-bond acceptors (Lipinski definition) is 3. The van der Waals surface area contributed by atoms with E-state index in [-0.39, 0.29) is 0 Å². The van der Waals surface area contributed by atoms with Crippen LogP contribution in [0, 0.1) is 0 Å². The second-order valence-electron chi connectivity index (χ2n) is 6.62. The number of hydrogen-bond donors (Lipinski definition) is 3. The molecule has 25 heavy (non-hydrogen) atoms. The predicted molar refractivity (Wildman–Crippen MR) is 99.5 cm³/mol. The number of nitrogens with one attached hydrogen (secondary N) is 3. The van der Waals surface area contributed by atoms with Crippen LogP contribution >= 0.6 is 0 Å². The Labute approximate surface area is 145 Å². The summed E-state index contributed by atoms with van der Waals surface area (Å²) in [6, 6.07) is 10.8. The molecule has 0 spiro atoms. The van der Waals surface area contributed by atoms with Crippen molar-refractivity contribution in [3.8, 4) is 22.6 Å². The third-order valence-corrected chi connectivity index (χ3v) is 5.00. The quantitative estimate of drug-likeness (QED) is 0.532. The maximum absolute atomic E-state index is 4.47. The number of nitrogens with zero attached hydrogens (tertiary/aromatic N) is 3. The first-order chi connectivity index (χ1) is 12.4. The van der Waals surface area contributed by atoms with Crippen LogP contribution in [0.1, 0.15) is 19.3 Å². The number of benzene rings is 1. The SMILES string of the molecule is c1cc(N2CCCCC2)c2cc(-c3cc(-c4cn[nH]c4)[nH]n3)[nH]c2c1. The Morgan fingerprint density at radius 1 is 1.00 bits per heavy atom. The number of H-pyrrole nitrogens is 3. The molecular formula is C19H20N6. The van der Waals surface area contributed by atoms with Gasteiger partial charge in [0.15, 0.2) is 0 Å². The lowest BCUT2D eigenvalue weighted by Gasteiger charge is -2.29. The van der Waals surface area contributed by atoms with Crippen LogP contribution in [0.5, 0.6) is 0 Å². The fraction of sp³-hybridized carbons (Fsp3) is 0.263. The smallest absolute Gasteiger partial charge is 0.109 e. The molecule has 1 aromatic carbocycles. The van der Waals surface area contributed by atoms with Gasteiger partial charge in [-0.3, -0.25) is 10.2 Å². The zero-order valence-corrected chi connectivity index (χ0v) is 13.9. The minimum Gasteiger partial charge on any atom is -0.371 e. The molecule has 4 aromatic rings. The van der Waals surface area contributed by atoms with Crippen molar-refractivity contribution in [2.75, 3.05) is 18.0 Å². The van der Waals surface area contributed by atoms with Crippen molar-refractivity contribution in [3.63, 3.8) is 0 Å². The summed E-state index contributed by atoms with van der Waals surface area (Å²) in [5.41, 5.74) is 6.39. The minimum absolute atomic E-state index is 0.914. The van der Waals surface area contributed by atoms with Gasteiger partial charge in [0, 0.05) is 41.4 Å². The van der Waals surface area contributed by atoms with Gasteiger partial charge in [0.1, 0.15) is 5.69 Å². The third-order valence-electron chi connectivity index (χ3n) is 5.00. The van der Waals surface area contributed by atoms with E-state index in [4.69, 9.17) is 0 Å². The van der Waals surface area contributed by atoms with Crippen molar-refractivity contribution in [1.29, 1.82) is 0 Å². The molecule has 6 nitrogen and oxygen atoms in total. The number of anilines is 1. The fourth-order valence-corrected chi connectivity index (χ4v) is 3.69. The van der Waals surface area contributed by atoms with Crippen LogP contribution in [0.15, 0.2) is 42.7 Å². The van der Waals surface area contributed by atoms with Crippen LogP contribution in [0.2, 0.25) is 0 Å². The first-order valence-electron chi connectivity index (χ1n) is 8.80. The summed E-state index contributed by atoms with van der Waals surface area (Å²) in [6.07, 6.45) is 7.55. The standard InChI is InChI=1S/C19H20N6/c1-2-7-25(8-3-1)19-6-4-5-15-14(19)9-17(22-15)18-10-16(23-24-18)13-11-20-21-12-13/h4-6,9-12,22H,1-3,7-8H2,(H,20,21)(H,23,24). The monoisotopic (exact) mass is 332 g/mol. The molecule has 0 saturated carbocycles. The van der Waals surface area contributed by atoms with Gasteiger partial charge < -0.3 is 9.88 Å². The van der Waals surface area contributed by atoms with Crippen LogP contribution < -0.4 is 4.90 Å². The molecule has 4 heterocycles. The van der Waals surface area contributed by atoms with Crippen molar-refractivity contribution in [1.82, 2.24) is 25.4 Å². The van der Waals surface area contributed by atoms with Gasteiger partial charge in [-0.1, -0.05) is 6.07 Å². The molecule has 3 aromatic heterocycles. The lowest BCUT2D eigenvalue weighted by atomic mass is 10.1. The molecule has 0 atom stereocenters. The maximum Gasteiger partial charge on any atom is 0.109 e. The van der Waals surface area contributed by atoms with E-state index in [0.717, 1.165) is 41.3 Å². The fourth-order valence-electron chi connectivity index (χ4n) is 3.69. The minimum atomic E-state index is 0.914. The summed E-state index contributed by atoms with van der Waals surface area (Å²) in [4.78, 5) is 6.02. The number of fused-ring (bicyclic) bond motifs is 1. The van der Waals surface area contributed by atoms with Crippen LogP contribution in [-0.2, 0) is 0 Å². The predicted octanol–water partition coefficient (Wildman–Crippen LogP) is 3.94. The van der Waals surface area contributed by atoms with E-state index in [1.165, 1.54) is 30.3 Å². The molecule has 1 fully saturated rings. The lowest BCUT2D eigenvalue weighted by Crippen LogP contribution is -2.29. The van der Waals surface area contributed by atoms with Gasteiger partial charge in [-0.15, -0.1) is 0 Å². The number of piperidine rings is 1. The van der Waals surface area contributed by atoms with E-state index in [9.17, 15) is 0 Å². The van der Waals surface area contributed by atoms with E-state index < -0.39 is 0 Å². The molecule has 1 aliphatic rings. The molecule has 0 aliphatic carbocycles. The molecule has 1 aliphatic heterocycles. The molecule has 6 heteroatoms. The maximum atomic E-state index is 4.47. The lowest BCUT2D eigenvalue weighted by molar-refractivity contribution is 0.579. The van der Waals surface area contributed by atoms with E-state index in [0.29, 0.717) is 0 Å². The van der Waals surface area contributed by atoms with Crippen LogP contribution in [0.25, 0.3) is 33.5 Å². The molecule has 5 rings (SSSR count). The van der Waals surface area contributed by atoms with E-state index >= 15 is 0 Å². The van der Waals surface area contributed by atoms with Gasteiger partial charge in [-0.05, 0) is 43.5 Å². The zero-order chi connectivity index (χ0) is 16.6.